The van der Waals surface area contributed by atoms with Crippen LogP contribution in [0.25, 0.3) is 0 Å². The Balaban J connectivity index is 0.000000345. The molecular formula is C18H27F3N4O3. The van der Waals surface area contributed by atoms with Crippen LogP contribution in [0.5, 0.6) is 0 Å². The largest absolute Gasteiger partial charge is 0.490 e. The number of hydrogen-bond acceptors (Lipinski definition) is 4. The molecule has 0 radical (unpaired) electrons. The van der Waals surface area contributed by atoms with Gasteiger partial charge in [0.05, 0.1) is 12.7 Å². The third kappa shape index (κ3) is 5.95. The number of amides is 1. The lowest BCUT2D eigenvalue weighted by Gasteiger charge is -2.29. The van der Waals surface area contributed by atoms with E-state index in [9.17, 15) is 18.0 Å². The van der Waals surface area contributed by atoms with Gasteiger partial charge in [0.2, 0.25) is 0 Å². The van der Waals surface area contributed by atoms with Crippen LogP contribution in [0.2, 0.25) is 0 Å². The molecule has 1 aromatic heterocycles. The number of nitrogens with zero attached hydrogens (tertiary/aromatic N) is 4. The van der Waals surface area contributed by atoms with E-state index in [1.54, 1.807) is 6.20 Å². The van der Waals surface area contributed by atoms with E-state index in [1.165, 1.54) is 6.42 Å². The number of imidazole rings is 1. The van der Waals surface area contributed by atoms with Crippen LogP contribution in [-0.2, 0) is 17.9 Å². The first-order valence-corrected chi connectivity index (χ1v) is 9.45. The summed E-state index contributed by atoms with van der Waals surface area (Å²) in [5.74, 6) is -0.805. The number of halogens is 3. The van der Waals surface area contributed by atoms with Crippen molar-refractivity contribution in [1.29, 1.82) is 0 Å². The molecule has 0 unspecified atom stereocenters. The van der Waals surface area contributed by atoms with E-state index in [1.807, 2.05) is 4.90 Å². The Labute approximate surface area is 162 Å². The molecular weight excluding hydrogens is 377 g/mol. The van der Waals surface area contributed by atoms with Gasteiger partial charge < -0.3 is 14.6 Å². The molecule has 0 atom stereocenters. The summed E-state index contributed by atoms with van der Waals surface area (Å²) in [5.41, 5.74) is 0.787. The van der Waals surface area contributed by atoms with Crippen LogP contribution < -0.4 is 0 Å². The van der Waals surface area contributed by atoms with Gasteiger partial charge in [0.1, 0.15) is 11.5 Å². The molecule has 0 bridgehead atoms. The van der Waals surface area contributed by atoms with Crippen molar-refractivity contribution in [3.8, 4) is 0 Å². The Morgan fingerprint density at radius 3 is 2.32 bits per heavy atom. The Morgan fingerprint density at radius 2 is 1.79 bits per heavy atom. The number of aromatic nitrogens is 2. The van der Waals surface area contributed by atoms with Gasteiger partial charge in [-0.2, -0.15) is 13.2 Å². The number of carboxylic acids is 1. The van der Waals surface area contributed by atoms with Crippen molar-refractivity contribution < 1.29 is 27.9 Å². The van der Waals surface area contributed by atoms with Crippen molar-refractivity contribution in [3.63, 3.8) is 0 Å². The molecule has 0 aliphatic carbocycles. The SMILES string of the molecule is CC(C)CCN1CCn2c(C(=O)N3CCCC3)cnc2C1.O=C(O)C(F)(F)F. The fraction of sp³-hybridized carbons (Fsp3) is 0.722. The van der Waals surface area contributed by atoms with Crippen molar-refractivity contribution in [3.05, 3.63) is 17.7 Å². The van der Waals surface area contributed by atoms with Crippen LogP contribution in [0.4, 0.5) is 13.2 Å². The molecule has 7 nitrogen and oxygen atoms in total. The lowest BCUT2D eigenvalue weighted by molar-refractivity contribution is -0.192. The lowest BCUT2D eigenvalue weighted by Crippen LogP contribution is -2.37. The van der Waals surface area contributed by atoms with Gasteiger partial charge in [-0.25, -0.2) is 9.78 Å². The zero-order valence-electron chi connectivity index (χ0n) is 16.2. The summed E-state index contributed by atoms with van der Waals surface area (Å²) in [4.78, 5) is 30.3. The normalized spacial score (nSPS) is 17.3. The predicted octanol–water partition coefficient (Wildman–Crippen LogP) is 2.61. The molecule has 0 spiro atoms. The third-order valence-corrected chi connectivity index (χ3v) is 4.82. The summed E-state index contributed by atoms with van der Waals surface area (Å²) < 4.78 is 33.9. The number of aliphatic carboxylic acids is 1. The number of alkyl halides is 3. The van der Waals surface area contributed by atoms with Crippen LogP contribution in [0.1, 0.15) is 49.4 Å². The average Bonchev–Trinajstić information content (AvgIpc) is 3.28. The van der Waals surface area contributed by atoms with Crippen LogP contribution in [-0.4, -0.2) is 68.7 Å². The second kappa shape index (κ2) is 9.40. The van der Waals surface area contributed by atoms with Gasteiger partial charge in [-0.05, 0) is 31.7 Å². The first kappa shape index (κ1) is 22.2. The molecule has 158 valence electrons. The number of likely N-dealkylation sites (tertiary alicyclic amines) is 1. The highest BCUT2D eigenvalue weighted by atomic mass is 19.4. The van der Waals surface area contributed by atoms with Crippen LogP contribution in [0.3, 0.4) is 0 Å². The molecule has 3 heterocycles. The van der Waals surface area contributed by atoms with E-state index < -0.39 is 12.1 Å². The minimum atomic E-state index is -5.08. The third-order valence-electron chi connectivity index (χ3n) is 4.82. The van der Waals surface area contributed by atoms with E-state index in [-0.39, 0.29) is 5.91 Å². The summed E-state index contributed by atoms with van der Waals surface area (Å²) in [6, 6.07) is 0. The molecule has 1 aromatic rings. The van der Waals surface area contributed by atoms with Crippen LogP contribution in [0.15, 0.2) is 6.20 Å². The number of hydrogen-bond donors (Lipinski definition) is 1. The van der Waals surface area contributed by atoms with Gasteiger partial charge >= 0.3 is 12.1 Å². The van der Waals surface area contributed by atoms with E-state index >= 15 is 0 Å². The van der Waals surface area contributed by atoms with Crippen LogP contribution in [0, 0.1) is 5.92 Å². The Hall–Kier alpha value is -2.10. The first-order valence-electron chi connectivity index (χ1n) is 9.45. The van der Waals surface area contributed by atoms with Gasteiger partial charge in [0, 0.05) is 26.2 Å². The molecule has 3 rings (SSSR count). The van der Waals surface area contributed by atoms with E-state index in [0.717, 1.165) is 69.5 Å². The number of carboxylic acid groups (broad SMARTS) is 1. The smallest absolute Gasteiger partial charge is 0.475 e. The summed E-state index contributed by atoms with van der Waals surface area (Å²) in [6.07, 6.45) is 0.188. The highest BCUT2D eigenvalue weighted by Gasteiger charge is 2.38. The zero-order chi connectivity index (χ0) is 20.9. The number of rotatable bonds is 4. The average molecular weight is 404 g/mol. The van der Waals surface area contributed by atoms with Crippen molar-refractivity contribution in [1.82, 2.24) is 19.4 Å². The van der Waals surface area contributed by atoms with Crippen LogP contribution >= 0.6 is 0 Å². The van der Waals surface area contributed by atoms with Gasteiger partial charge in [-0.3, -0.25) is 9.69 Å². The summed E-state index contributed by atoms with van der Waals surface area (Å²) in [5, 5.41) is 7.12. The van der Waals surface area contributed by atoms with Gasteiger partial charge in [0.25, 0.3) is 5.91 Å². The Morgan fingerprint density at radius 1 is 1.18 bits per heavy atom. The van der Waals surface area contributed by atoms with Crippen molar-refractivity contribution in [2.75, 3.05) is 26.2 Å². The molecule has 1 amide bonds. The zero-order valence-corrected chi connectivity index (χ0v) is 16.2. The fourth-order valence-electron chi connectivity index (χ4n) is 3.19. The van der Waals surface area contributed by atoms with E-state index in [2.05, 4.69) is 28.3 Å². The monoisotopic (exact) mass is 404 g/mol. The predicted molar refractivity (Wildman–Crippen MR) is 95.8 cm³/mol. The topological polar surface area (TPSA) is 78.7 Å². The highest BCUT2D eigenvalue weighted by Crippen LogP contribution is 2.19. The Bertz CT molecular complexity index is 682. The second-order valence-electron chi connectivity index (χ2n) is 7.47. The maximum absolute atomic E-state index is 12.5. The fourth-order valence-corrected chi connectivity index (χ4v) is 3.19. The quantitative estimate of drug-likeness (QED) is 0.835. The molecule has 1 N–H and O–H groups in total. The highest BCUT2D eigenvalue weighted by molar-refractivity contribution is 5.92. The Kier molecular flexibility index (Phi) is 7.45. The molecule has 10 heteroatoms. The van der Waals surface area contributed by atoms with Gasteiger partial charge in [0.15, 0.2) is 0 Å². The van der Waals surface area contributed by atoms with E-state index in [4.69, 9.17) is 9.90 Å². The summed E-state index contributed by atoms with van der Waals surface area (Å²) >= 11 is 0. The molecule has 0 saturated carbocycles. The summed E-state index contributed by atoms with van der Waals surface area (Å²) in [7, 11) is 0. The lowest BCUT2D eigenvalue weighted by atomic mass is 10.1. The van der Waals surface area contributed by atoms with Crippen molar-refractivity contribution in [2.45, 2.75) is 52.4 Å². The summed E-state index contributed by atoms with van der Waals surface area (Å²) in [6.45, 7) is 10.2. The molecule has 28 heavy (non-hydrogen) atoms. The van der Waals surface area contributed by atoms with E-state index in [0.29, 0.717) is 0 Å². The van der Waals surface area contributed by atoms with Crippen molar-refractivity contribution >= 4 is 11.9 Å². The maximum Gasteiger partial charge on any atom is 0.490 e. The number of carbonyl (C=O) groups is 2. The molecule has 2 aliphatic rings. The minimum Gasteiger partial charge on any atom is -0.475 e. The molecule has 1 saturated heterocycles. The molecule has 1 fully saturated rings. The minimum absolute atomic E-state index is 0.168. The second-order valence-corrected chi connectivity index (χ2v) is 7.47. The number of fused-ring (bicyclic) bond motifs is 1. The standard InChI is InChI=1S/C16H26N4O.C2HF3O2/c1-13(2)5-8-18-9-10-20-14(11-17-15(20)12-18)16(21)19-6-3-4-7-19;3-2(4,5)1(6)7/h11,13H,3-10,12H2,1-2H3;(H,6,7). The maximum atomic E-state index is 12.5. The van der Waals surface area contributed by atoms with Gasteiger partial charge in [-0.1, -0.05) is 13.8 Å². The molecule has 2 aliphatic heterocycles. The number of carbonyl (C=O) groups excluding carboxylic acids is 1. The first-order chi connectivity index (χ1) is 13.1. The van der Waals surface area contributed by atoms with Gasteiger partial charge in [-0.15, -0.1) is 0 Å². The molecule has 0 aromatic carbocycles. The van der Waals surface area contributed by atoms with Crippen molar-refractivity contribution in [2.24, 2.45) is 5.92 Å².